The van der Waals surface area contributed by atoms with E-state index in [9.17, 15) is 9.18 Å². The van der Waals surface area contributed by atoms with Gasteiger partial charge in [-0.2, -0.15) is 0 Å². The summed E-state index contributed by atoms with van der Waals surface area (Å²) < 4.78 is 19.4. The largest absolute Gasteiger partial charge is 0.496 e. The highest BCUT2D eigenvalue weighted by atomic mass is 35.5. The van der Waals surface area contributed by atoms with Gasteiger partial charge in [0, 0.05) is 6.08 Å². The van der Waals surface area contributed by atoms with Gasteiger partial charge in [0.2, 0.25) is 0 Å². The lowest BCUT2D eigenvalue weighted by atomic mass is 10.0. The Kier molecular flexibility index (Phi) is 7.65. The smallest absolute Gasteiger partial charge is 0.328 e. The van der Waals surface area contributed by atoms with Crippen molar-refractivity contribution in [1.82, 2.24) is 0 Å². The third-order valence-electron chi connectivity index (χ3n) is 3.79. The van der Waals surface area contributed by atoms with E-state index in [1.807, 2.05) is 13.8 Å². The lowest BCUT2D eigenvalue weighted by molar-refractivity contribution is -0.131. The molecule has 5 heteroatoms. The Morgan fingerprint density at radius 2 is 1.84 bits per heavy atom. The topological polar surface area (TPSA) is 46.5 Å². The fourth-order valence-electron chi connectivity index (χ4n) is 2.15. The minimum atomic E-state index is -1.07. The molecule has 0 aromatic heterocycles. The maximum Gasteiger partial charge on any atom is 0.328 e. The molecule has 0 saturated heterocycles. The van der Waals surface area contributed by atoms with Crippen LogP contribution in [-0.2, 0) is 4.79 Å². The first kappa shape index (κ1) is 20.7. The molecule has 0 bridgehead atoms. The number of allylic oxidation sites excluding steroid dienone is 6. The molecule has 134 valence electrons. The molecule has 0 aliphatic heterocycles. The SMILES string of the molecule is COc1cc(Cl)c(/C=C/C(C)=C(F)/C=C/C(C)=C/C(=O)O)c(C)c1C. The number of carboxylic acids is 1. The van der Waals surface area contributed by atoms with Crippen LogP contribution < -0.4 is 4.74 Å². The molecule has 3 nitrogen and oxygen atoms in total. The highest BCUT2D eigenvalue weighted by Gasteiger charge is 2.10. The molecule has 1 aromatic carbocycles. The second-order valence-electron chi connectivity index (χ2n) is 5.65. The van der Waals surface area contributed by atoms with Crippen LogP contribution in [0.3, 0.4) is 0 Å². The zero-order valence-electron chi connectivity index (χ0n) is 15.0. The van der Waals surface area contributed by atoms with Crippen LogP contribution in [0.1, 0.15) is 30.5 Å². The predicted molar refractivity (Wildman–Crippen MR) is 101 cm³/mol. The van der Waals surface area contributed by atoms with Crippen molar-refractivity contribution < 1.29 is 19.0 Å². The maximum absolute atomic E-state index is 14.1. The van der Waals surface area contributed by atoms with Gasteiger partial charge in [0.1, 0.15) is 11.6 Å². The first-order chi connectivity index (χ1) is 11.7. The van der Waals surface area contributed by atoms with Gasteiger partial charge in [-0.3, -0.25) is 0 Å². The summed E-state index contributed by atoms with van der Waals surface area (Å²) in [5.74, 6) is -0.807. The van der Waals surface area contributed by atoms with Crippen LogP contribution in [0.25, 0.3) is 6.08 Å². The molecule has 0 aliphatic carbocycles. The van der Waals surface area contributed by atoms with Crippen molar-refractivity contribution >= 4 is 23.6 Å². The third kappa shape index (κ3) is 5.91. The van der Waals surface area contributed by atoms with E-state index in [2.05, 4.69) is 0 Å². The number of ether oxygens (including phenoxy) is 1. The van der Waals surface area contributed by atoms with Gasteiger partial charge in [0.15, 0.2) is 0 Å². The van der Waals surface area contributed by atoms with Crippen molar-refractivity contribution in [2.24, 2.45) is 0 Å². The van der Waals surface area contributed by atoms with E-state index >= 15 is 0 Å². The number of carboxylic acid groups (broad SMARTS) is 1. The van der Waals surface area contributed by atoms with Gasteiger partial charge in [-0.15, -0.1) is 0 Å². The molecule has 0 heterocycles. The molecule has 0 atom stereocenters. The number of hydrogen-bond donors (Lipinski definition) is 1. The number of methoxy groups -OCH3 is 1. The highest BCUT2D eigenvalue weighted by Crippen LogP contribution is 2.32. The normalized spacial score (nSPS) is 13.5. The van der Waals surface area contributed by atoms with E-state index in [0.717, 1.165) is 22.8 Å². The summed E-state index contributed by atoms with van der Waals surface area (Å²) in [5, 5.41) is 9.16. The lowest BCUT2D eigenvalue weighted by Gasteiger charge is -2.12. The summed E-state index contributed by atoms with van der Waals surface area (Å²) >= 11 is 6.28. The summed E-state index contributed by atoms with van der Waals surface area (Å²) in [7, 11) is 1.59. The van der Waals surface area contributed by atoms with Crippen LogP contribution in [0.2, 0.25) is 5.02 Å². The minimum absolute atomic E-state index is 0.406. The standard InChI is InChI=1S/C20H22ClFO3/c1-12(10-20(23)24)6-9-18(22)13(2)7-8-16-14(3)15(4)19(25-5)11-17(16)21/h6-11H,1-5H3,(H,23,24)/b8-7+,9-6+,12-10+,18-13-. The van der Waals surface area contributed by atoms with Gasteiger partial charge in [0.25, 0.3) is 0 Å². The molecule has 0 fully saturated rings. The van der Waals surface area contributed by atoms with Crippen molar-refractivity contribution in [3.8, 4) is 5.75 Å². The van der Waals surface area contributed by atoms with E-state index in [1.54, 1.807) is 39.2 Å². The van der Waals surface area contributed by atoms with Crippen LogP contribution in [0.4, 0.5) is 4.39 Å². The van der Waals surface area contributed by atoms with E-state index < -0.39 is 11.8 Å². The van der Waals surface area contributed by atoms with Crippen molar-refractivity contribution in [3.63, 3.8) is 0 Å². The van der Waals surface area contributed by atoms with Gasteiger partial charge in [-0.1, -0.05) is 29.8 Å². The Morgan fingerprint density at radius 3 is 2.40 bits per heavy atom. The summed E-state index contributed by atoms with van der Waals surface area (Å²) in [5.41, 5.74) is 3.60. The number of benzene rings is 1. The summed E-state index contributed by atoms with van der Waals surface area (Å²) in [4.78, 5) is 10.5. The van der Waals surface area contributed by atoms with Gasteiger partial charge >= 0.3 is 5.97 Å². The average molecular weight is 365 g/mol. The molecular weight excluding hydrogens is 343 g/mol. The molecule has 0 saturated carbocycles. The molecule has 0 radical (unpaired) electrons. The van der Waals surface area contributed by atoms with Gasteiger partial charge < -0.3 is 9.84 Å². The van der Waals surface area contributed by atoms with Crippen LogP contribution in [0.15, 0.2) is 47.3 Å². The van der Waals surface area contributed by atoms with Gasteiger partial charge in [0.05, 0.1) is 12.1 Å². The van der Waals surface area contributed by atoms with Gasteiger partial charge in [-0.25, -0.2) is 9.18 Å². The fourth-order valence-corrected chi connectivity index (χ4v) is 2.45. The van der Waals surface area contributed by atoms with Gasteiger partial charge in [-0.05, 0) is 67.7 Å². The molecule has 1 rings (SSSR count). The predicted octanol–water partition coefficient (Wildman–Crippen LogP) is 5.81. The summed E-state index contributed by atoms with van der Waals surface area (Å²) in [6.07, 6.45) is 7.06. The number of hydrogen-bond acceptors (Lipinski definition) is 2. The molecule has 0 amide bonds. The first-order valence-electron chi connectivity index (χ1n) is 7.64. The zero-order chi connectivity index (χ0) is 19.1. The summed E-state index contributed by atoms with van der Waals surface area (Å²) in [6, 6.07) is 1.74. The second-order valence-corrected chi connectivity index (χ2v) is 6.06. The molecule has 1 aromatic rings. The van der Waals surface area contributed by atoms with Crippen molar-refractivity contribution in [2.75, 3.05) is 7.11 Å². The van der Waals surface area contributed by atoms with Crippen LogP contribution in [0, 0.1) is 13.8 Å². The summed E-state index contributed by atoms with van der Waals surface area (Å²) in [6.45, 7) is 7.09. The zero-order valence-corrected chi connectivity index (χ0v) is 15.7. The quantitative estimate of drug-likeness (QED) is 0.511. The van der Waals surface area contributed by atoms with Crippen molar-refractivity contribution in [3.05, 3.63) is 69.1 Å². The average Bonchev–Trinajstić information content (AvgIpc) is 2.54. The first-order valence-corrected chi connectivity index (χ1v) is 8.02. The third-order valence-corrected chi connectivity index (χ3v) is 4.10. The fraction of sp³-hybridized carbons (Fsp3) is 0.250. The van der Waals surface area contributed by atoms with Crippen LogP contribution in [0.5, 0.6) is 5.75 Å². The number of carbonyl (C=O) groups is 1. The minimum Gasteiger partial charge on any atom is -0.496 e. The molecule has 0 unspecified atom stereocenters. The van der Waals surface area contributed by atoms with E-state index in [0.29, 0.717) is 21.9 Å². The highest BCUT2D eigenvalue weighted by molar-refractivity contribution is 6.32. The number of halogens is 2. The molecular formula is C20H22ClFO3. The monoisotopic (exact) mass is 364 g/mol. The van der Waals surface area contributed by atoms with Crippen molar-refractivity contribution in [1.29, 1.82) is 0 Å². The maximum atomic E-state index is 14.1. The molecule has 0 aliphatic rings. The lowest BCUT2D eigenvalue weighted by Crippen LogP contribution is -1.94. The van der Waals surface area contributed by atoms with Crippen molar-refractivity contribution in [2.45, 2.75) is 27.7 Å². The number of rotatable bonds is 6. The van der Waals surface area contributed by atoms with E-state index in [-0.39, 0.29) is 0 Å². The number of aliphatic carboxylic acids is 1. The Labute approximate surface area is 152 Å². The van der Waals surface area contributed by atoms with Crippen LogP contribution >= 0.6 is 11.6 Å². The molecule has 1 N–H and O–H groups in total. The second kappa shape index (κ2) is 9.23. The van der Waals surface area contributed by atoms with E-state index in [4.69, 9.17) is 21.4 Å². The Balaban J connectivity index is 3.11. The van der Waals surface area contributed by atoms with E-state index in [1.165, 1.54) is 12.2 Å². The molecule has 25 heavy (non-hydrogen) atoms. The Morgan fingerprint density at radius 1 is 1.20 bits per heavy atom. The van der Waals surface area contributed by atoms with Crippen LogP contribution in [-0.4, -0.2) is 18.2 Å². The Hall–Kier alpha value is -2.33. The molecule has 0 spiro atoms. The Bertz CT molecular complexity index is 787.